The minimum absolute atomic E-state index is 0.00990. The van der Waals surface area contributed by atoms with Crippen LogP contribution in [0.25, 0.3) is 0 Å². The van der Waals surface area contributed by atoms with E-state index in [4.69, 9.17) is 19.9 Å². The van der Waals surface area contributed by atoms with Gasteiger partial charge in [0.15, 0.2) is 0 Å². The lowest BCUT2D eigenvalue weighted by molar-refractivity contribution is 0.0393. The van der Waals surface area contributed by atoms with E-state index in [0.29, 0.717) is 5.56 Å². The van der Waals surface area contributed by atoms with Gasteiger partial charge in [-0.1, -0.05) is 24.3 Å². The van der Waals surface area contributed by atoms with Gasteiger partial charge in [-0.15, -0.1) is 0 Å². The van der Waals surface area contributed by atoms with Gasteiger partial charge in [-0.25, -0.2) is 10.5 Å². The normalized spacial score (nSPS) is 20.3. The summed E-state index contributed by atoms with van der Waals surface area (Å²) in [7, 11) is 0. The number of hydroxylamine groups is 1. The van der Waals surface area contributed by atoms with Gasteiger partial charge >= 0.3 is 0 Å². The minimum Gasteiger partial charge on any atom is -0.379 e. The van der Waals surface area contributed by atoms with Crippen LogP contribution in [0.1, 0.15) is 27.9 Å². The first-order valence-electron chi connectivity index (χ1n) is 11.3. The number of carbonyl (C=O) groups is 1. The summed E-state index contributed by atoms with van der Waals surface area (Å²) in [5, 5.41) is 8.92. The van der Waals surface area contributed by atoms with E-state index in [1.165, 1.54) is 0 Å². The van der Waals surface area contributed by atoms with Gasteiger partial charge in [-0.2, -0.15) is 0 Å². The summed E-state index contributed by atoms with van der Waals surface area (Å²) in [6.07, 6.45) is 9.04. The van der Waals surface area contributed by atoms with Crippen LogP contribution in [0.2, 0.25) is 0 Å². The number of allylic oxidation sites excluding steroid dienone is 2. The summed E-state index contributed by atoms with van der Waals surface area (Å²) < 4.78 is 5.50. The summed E-state index contributed by atoms with van der Waals surface area (Å²) >= 11 is 0. The molecule has 5 rings (SSSR count). The molecule has 1 unspecified atom stereocenters. The van der Waals surface area contributed by atoms with Gasteiger partial charge in [0.1, 0.15) is 5.82 Å². The number of carbonyl (C=O) groups excluding carboxylic acids is 1. The Morgan fingerprint density at radius 1 is 1.15 bits per heavy atom. The highest BCUT2D eigenvalue weighted by molar-refractivity contribution is 6.16. The first kappa shape index (κ1) is 21.5. The van der Waals surface area contributed by atoms with Crippen LogP contribution in [0.3, 0.4) is 0 Å². The molecule has 1 amide bonds. The molecule has 3 aliphatic rings. The number of fused-ring (bicyclic) bond motifs is 2. The van der Waals surface area contributed by atoms with Crippen molar-refractivity contribution in [1.29, 1.82) is 0 Å². The maximum absolute atomic E-state index is 11.8. The van der Waals surface area contributed by atoms with E-state index in [-0.39, 0.29) is 6.04 Å². The van der Waals surface area contributed by atoms with Crippen LogP contribution in [0.4, 0.5) is 5.82 Å². The van der Waals surface area contributed by atoms with E-state index in [1.807, 2.05) is 24.4 Å². The van der Waals surface area contributed by atoms with E-state index in [2.05, 4.69) is 34.1 Å². The monoisotopic (exact) mass is 445 g/mol. The maximum Gasteiger partial charge on any atom is 0.274 e. The third kappa shape index (κ3) is 4.45. The van der Waals surface area contributed by atoms with E-state index in [1.54, 1.807) is 17.6 Å². The van der Waals surface area contributed by atoms with Crippen molar-refractivity contribution in [2.45, 2.75) is 12.5 Å². The Balaban J connectivity index is 1.52. The Bertz CT molecular complexity index is 1100. The SMILES string of the molecule is O=C(NO)c1ccc(C2=NC3CC=CC=C3N(CCN3CCOCC3)c3ncccc32)cc1. The number of morpholine rings is 1. The first-order valence-corrected chi connectivity index (χ1v) is 11.3. The zero-order chi connectivity index (χ0) is 22.6. The second kappa shape index (κ2) is 9.66. The molecule has 1 aromatic carbocycles. The van der Waals surface area contributed by atoms with Crippen molar-refractivity contribution in [3.63, 3.8) is 0 Å². The van der Waals surface area contributed by atoms with Gasteiger partial charge in [-0.3, -0.25) is 19.9 Å². The highest BCUT2D eigenvalue weighted by atomic mass is 16.5. The molecule has 2 aliphatic heterocycles. The van der Waals surface area contributed by atoms with Gasteiger partial charge in [-0.05, 0) is 36.8 Å². The summed E-state index contributed by atoms with van der Waals surface area (Å²) in [4.78, 5) is 26.5. The number of aromatic nitrogens is 1. The van der Waals surface area contributed by atoms with Crippen LogP contribution in [0.15, 0.2) is 71.5 Å². The zero-order valence-electron chi connectivity index (χ0n) is 18.4. The Hall–Kier alpha value is -3.33. The van der Waals surface area contributed by atoms with Crippen LogP contribution in [-0.2, 0) is 4.74 Å². The van der Waals surface area contributed by atoms with Gasteiger partial charge < -0.3 is 9.64 Å². The number of aliphatic imine (C=N–C) groups is 1. The quantitative estimate of drug-likeness (QED) is 0.543. The fourth-order valence-corrected chi connectivity index (χ4v) is 4.51. The lowest BCUT2D eigenvalue weighted by Gasteiger charge is -2.33. The fourth-order valence-electron chi connectivity index (χ4n) is 4.51. The highest BCUT2D eigenvalue weighted by Crippen LogP contribution is 2.33. The molecule has 2 aromatic rings. The van der Waals surface area contributed by atoms with E-state index < -0.39 is 5.91 Å². The standard InChI is InChI=1S/C25H27N5O3/c31-25(28-32)19-9-7-18(8-10-19)23-20-4-3-11-26-24(20)30(13-12-29-14-16-33-17-15-29)22-6-2-1-5-21(22)27-23/h1-4,6-11,21,32H,5,12-17H2,(H,28,31). The van der Waals surface area contributed by atoms with Crippen molar-refractivity contribution in [3.05, 3.63) is 83.2 Å². The molecule has 0 bridgehead atoms. The third-order valence-corrected chi connectivity index (χ3v) is 6.26. The van der Waals surface area contributed by atoms with Gasteiger partial charge in [0.2, 0.25) is 0 Å². The first-order chi connectivity index (χ1) is 16.2. The number of anilines is 1. The summed E-state index contributed by atoms with van der Waals surface area (Å²) in [5.41, 5.74) is 5.94. The number of pyridine rings is 1. The second-order valence-electron chi connectivity index (χ2n) is 8.25. The molecule has 0 saturated carbocycles. The molecule has 0 radical (unpaired) electrons. The van der Waals surface area contributed by atoms with Crippen LogP contribution < -0.4 is 10.4 Å². The number of hydrogen-bond acceptors (Lipinski definition) is 7. The zero-order valence-corrected chi connectivity index (χ0v) is 18.4. The molecular formula is C25H27N5O3. The van der Waals surface area contributed by atoms with Crippen LogP contribution in [-0.4, -0.2) is 72.1 Å². The molecule has 33 heavy (non-hydrogen) atoms. The number of amides is 1. The Morgan fingerprint density at radius 3 is 2.76 bits per heavy atom. The highest BCUT2D eigenvalue weighted by Gasteiger charge is 2.30. The molecule has 1 atom stereocenters. The van der Waals surface area contributed by atoms with E-state index in [9.17, 15) is 4.79 Å². The van der Waals surface area contributed by atoms with Crippen molar-refractivity contribution in [1.82, 2.24) is 15.4 Å². The minimum atomic E-state index is -0.539. The number of nitrogens with one attached hydrogen (secondary N) is 1. The van der Waals surface area contributed by atoms with Crippen LogP contribution >= 0.6 is 0 Å². The van der Waals surface area contributed by atoms with Crippen molar-refractivity contribution in [2.75, 3.05) is 44.3 Å². The Morgan fingerprint density at radius 2 is 1.97 bits per heavy atom. The number of nitrogens with zero attached hydrogens (tertiary/aromatic N) is 4. The number of ether oxygens (including phenoxy) is 1. The number of benzene rings is 1. The Kier molecular flexibility index (Phi) is 6.30. The molecule has 170 valence electrons. The number of rotatable bonds is 5. The smallest absolute Gasteiger partial charge is 0.274 e. The van der Waals surface area contributed by atoms with Crippen molar-refractivity contribution < 1.29 is 14.7 Å². The van der Waals surface area contributed by atoms with Gasteiger partial charge in [0, 0.05) is 54.8 Å². The topological polar surface area (TPSA) is 90.3 Å². The largest absolute Gasteiger partial charge is 0.379 e. The molecule has 1 fully saturated rings. The molecule has 3 heterocycles. The molecular weight excluding hydrogens is 418 g/mol. The molecule has 1 aliphatic carbocycles. The predicted octanol–water partition coefficient (Wildman–Crippen LogP) is 2.40. The van der Waals surface area contributed by atoms with Gasteiger partial charge in [0.25, 0.3) is 5.91 Å². The van der Waals surface area contributed by atoms with Gasteiger partial charge in [0.05, 0.1) is 25.0 Å². The molecule has 0 spiro atoms. The molecule has 8 heteroatoms. The molecule has 1 aromatic heterocycles. The Labute approximate surface area is 192 Å². The lowest BCUT2D eigenvalue weighted by atomic mass is 10.0. The van der Waals surface area contributed by atoms with Crippen molar-refractivity contribution >= 4 is 17.4 Å². The molecule has 2 N–H and O–H groups in total. The summed E-state index contributed by atoms with van der Waals surface area (Å²) in [6.45, 7) is 5.19. The molecule has 1 saturated heterocycles. The summed E-state index contributed by atoms with van der Waals surface area (Å²) in [5.74, 6) is 0.356. The summed E-state index contributed by atoms with van der Waals surface area (Å²) in [6, 6.07) is 11.1. The average Bonchev–Trinajstić information content (AvgIpc) is 3.02. The van der Waals surface area contributed by atoms with Crippen molar-refractivity contribution in [3.8, 4) is 0 Å². The van der Waals surface area contributed by atoms with Crippen molar-refractivity contribution in [2.24, 2.45) is 4.99 Å². The molecule has 8 nitrogen and oxygen atoms in total. The maximum atomic E-state index is 11.8. The third-order valence-electron chi connectivity index (χ3n) is 6.26. The second-order valence-corrected chi connectivity index (χ2v) is 8.25. The number of hydrogen-bond donors (Lipinski definition) is 2. The average molecular weight is 446 g/mol. The van der Waals surface area contributed by atoms with E-state index in [0.717, 1.165) is 74.2 Å². The van der Waals surface area contributed by atoms with E-state index >= 15 is 0 Å². The fraction of sp³-hybridized carbons (Fsp3) is 0.320. The lowest BCUT2D eigenvalue weighted by Crippen LogP contribution is -2.42. The van der Waals surface area contributed by atoms with Crippen LogP contribution in [0, 0.1) is 0 Å². The predicted molar refractivity (Wildman–Crippen MR) is 126 cm³/mol. The van der Waals surface area contributed by atoms with Crippen LogP contribution in [0.5, 0.6) is 0 Å².